The lowest BCUT2D eigenvalue weighted by atomic mass is 9.93. The van der Waals surface area contributed by atoms with E-state index >= 15 is 0 Å². The van der Waals surface area contributed by atoms with Crippen molar-refractivity contribution in [3.63, 3.8) is 0 Å². The molecule has 0 spiro atoms. The summed E-state index contributed by atoms with van der Waals surface area (Å²) in [6.45, 7) is 4.19. The molecule has 1 nitrogen and oxygen atoms in total. The van der Waals surface area contributed by atoms with Gasteiger partial charge < -0.3 is 0 Å². The fourth-order valence-electron chi connectivity index (χ4n) is 2.91. The van der Waals surface area contributed by atoms with Crippen LogP contribution in [0.15, 0.2) is 29.8 Å². The molecule has 0 unspecified atom stereocenters. The highest BCUT2D eigenvalue weighted by Gasteiger charge is 2.12. The SMILES string of the molecule is Cc1cc(C)cc(CC(=O)/C2=C/CCCCCC2)c1. The van der Waals surface area contributed by atoms with Gasteiger partial charge in [0, 0.05) is 6.42 Å². The highest BCUT2D eigenvalue weighted by molar-refractivity contribution is 5.96. The predicted molar refractivity (Wildman–Crippen MR) is 80.4 cm³/mol. The summed E-state index contributed by atoms with van der Waals surface area (Å²) in [5, 5.41) is 0. The first kappa shape index (κ1) is 14.0. The van der Waals surface area contributed by atoms with Crippen molar-refractivity contribution in [1.29, 1.82) is 0 Å². The Bertz CT molecular complexity index is 462. The van der Waals surface area contributed by atoms with Gasteiger partial charge in [0.05, 0.1) is 0 Å². The molecule has 0 N–H and O–H groups in total. The quantitative estimate of drug-likeness (QED) is 0.766. The first-order chi connectivity index (χ1) is 9.15. The Morgan fingerprint density at radius 1 is 1.00 bits per heavy atom. The van der Waals surface area contributed by atoms with Crippen LogP contribution < -0.4 is 0 Å². The number of rotatable bonds is 3. The minimum absolute atomic E-state index is 0.326. The molecule has 2 rings (SSSR count). The van der Waals surface area contributed by atoms with Gasteiger partial charge in [0.1, 0.15) is 0 Å². The number of hydrogen-bond acceptors (Lipinski definition) is 1. The minimum Gasteiger partial charge on any atom is -0.294 e. The molecule has 1 heteroatoms. The van der Waals surface area contributed by atoms with Crippen LogP contribution in [0.3, 0.4) is 0 Å². The summed E-state index contributed by atoms with van der Waals surface area (Å²) in [6, 6.07) is 6.42. The molecule has 102 valence electrons. The molecular weight excluding hydrogens is 232 g/mol. The third kappa shape index (κ3) is 4.34. The maximum absolute atomic E-state index is 12.4. The standard InChI is InChI=1S/C18H24O/c1-14-10-15(2)12-16(11-14)13-18(19)17-8-6-4-3-5-7-9-17/h8,10-12H,3-7,9,13H2,1-2H3/b17-8+. The molecule has 0 saturated heterocycles. The fraction of sp³-hybridized carbons (Fsp3) is 0.500. The summed E-state index contributed by atoms with van der Waals surface area (Å²) in [5.74, 6) is 0.326. The Balaban J connectivity index is 2.06. The molecular formula is C18H24O. The molecule has 0 saturated carbocycles. The van der Waals surface area contributed by atoms with E-state index in [0.717, 1.165) is 24.0 Å². The van der Waals surface area contributed by atoms with E-state index in [9.17, 15) is 4.79 Å². The highest BCUT2D eigenvalue weighted by atomic mass is 16.1. The van der Waals surface area contributed by atoms with Gasteiger partial charge in [-0.05, 0) is 50.7 Å². The molecule has 1 aliphatic carbocycles. The van der Waals surface area contributed by atoms with Gasteiger partial charge in [-0.2, -0.15) is 0 Å². The molecule has 0 radical (unpaired) electrons. The first-order valence-corrected chi connectivity index (χ1v) is 7.44. The zero-order chi connectivity index (χ0) is 13.7. The van der Waals surface area contributed by atoms with E-state index in [-0.39, 0.29) is 0 Å². The highest BCUT2D eigenvalue weighted by Crippen LogP contribution is 2.19. The van der Waals surface area contributed by atoms with E-state index in [1.807, 2.05) is 0 Å². The van der Waals surface area contributed by atoms with Gasteiger partial charge in [-0.3, -0.25) is 4.79 Å². The van der Waals surface area contributed by atoms with Crippen molar-refractivity contribution < 1.29 is 4.79 Å². The van der Waals surface area contributed by atoms with E-state index in [1.54, 1.807) is 0 Å². The van der Waals surface area contributed by atoms with Gasteiger partial charge in [-0.25, -0.2) is 0 Å². The van der Waals surface area contributed by atoms with E-state index in [1.165, 1.54) is 36.8 Å². The van der Waals surface area contributed by atoms with Gasteiger partial charge >= 0.3 is 0 Å². The molecule has 1 aromatic carbocycles. The molecule has 0 bridgehead atoms. The summed E-state index contributed by atoms with van der Waals surface area (Å²) >= 11 is 0. The molecule has 0 atom stereocenters. The molecule has 1 aliphatic rings. The van der Waals surface area contributed by atoms with E-state index < -0.39 is 0 Å². The maximum atomic E-state index is 12.4. The van der Waals surface area contributed by atoms with Gasteiger partial charge in [-0.1, -0.05) is 48.2 Å². The Hall–Kier alpha value is -1.37. The van der Waals surface area contributed by atoms with Crippen LogP contribution in [0.5, 0.6) is 0 Å². The van der Waals surface area contributed by atoms with Crippen molar-refractivity contribution in [2.45, 2.75) is 58.8 Å². The zero-order valence-electron chi connectivity index (χ0n) is 12.2. The van der Waals surface area contributed by atoms with Crippen molar-refractivity contribution in [2.75, 3.05) is 0 Å². The average Bonchev–Trinajstić information content (AvgIpc) is 2.26. The lowest BCUT2D eigenvalue weighted by Crippen LogP contribution is -2.08. The van der Waals surface area contributed by atoms with Crippen LogP contribution in [-0.2, 0) is 11.2 Å². The number of carbonyl (C=O) groups is 1. The Morgan fingerprint density at radius 2 is 1.68 bits per heavy atom. The predicted octanol–water partition coefficient (Wildman–Crippen LogP) is 4.70. The third-order valence-electron chi connectivity index (χ3n) is 3.80. The number of Topliss-reactive ketones (excluding diaryl/α,β-unsaturated/α-hetero) is 1. The number of allylic oxidation sites excluding steroid dienone is 2. The Morgan fingerprint density at radius 3 is 2.42 bits per heavy atom. The second-order valence-electron chi connectivity index (χ2n) is 5.78. The summed E-state index contributed by atoms with van der Waals surface area (Å²) in [5.41, 5.74) is 4.72. The van der Waals surface area contributed by atoms with Crippen molar-refractivity contribution in [3.05, 3.63) is 46.5 Å². The van der Waals surface area contributed by atoms with Crippen LogP contribution >= 0.6 is 0 Å². The molecule has 0 aromatic heterocycles. The van der Waals surface area contributed by atoms with E-state index in [2.05, 4.69) is 38.1 Å². The van der Waals surface area contributed by atoms with Crippen LogP contribution in [-0.4, -0.2) is 5.78 Å². The van der Waals surface area contributed by atoms with Crippen molar-refractivity contribution >= 4 is 5.78 Å². The topological polar surface area (TPSA) is 17.1 Å². The third-order valence-corrected chi connectivity index (χ3v) is 3.80. The molecule has 0 fully saturated rings. The molecule has 0 aliphatic heterocycles. The molecule has 0 amide bonds. The Kier molecular flexibility index (Phi) is 4.95. The van der Waals surface area contributed by atoms with Crippen molar-refractivity contribution in [1.82, 2.24) is 0 Å². The first-order valence-electron chi connectivity index (χ1n) is 7.44. The smallest absolute Gasteiger partial charge is 0.162 e. The van der Waals surface area contributed by atoms with Crippen LogP contribution in [0.25, 0.3) is 0 Å². The van der Waals surface area contributed by atoms with E-state index in [0.29, 0.717) is 12.2 Å². The normalized spacial score (nSPS) is 19.2. The zero-order valence-corrected chi connectivity index (χ0v) is 12.2. The van der Waals surface area contributed by atoms with Gasteiger partial charge in [0.2, 0.25) is 0 Å². The average molecular weight is 256 g/mol. The number of benzene rings is 1. The lowest BCUT2D eigenvalue weighted by Gasteiger charge is -2.11. The summed E-state index contributed by atoms with van der Waals surface area (Å²) < 4.78 is 0. The number of aryl methyl sites for hydroxylation is 2. The Labute approximate surface area is 116 Å². The van der Waals surface area contributed by atoms with Gasteiger partial charge in [-0.15, -0.1) is 0 Å². The van der Waals surface area contributed by atoms with Crippen LogP contribution in [0.1, 0.15) is 55.2 Å². The van der Waals surface area contributed by atoms with Crippen molar-refractivity contribution in [3.8, 4) is 0 Å². The summed E-state index contributed by atoms with van der Waals surface area (Å²) in [4.78, 5) is 12.4. The molecule has 1 aromatic rings. The number of carbonyl (C=O) groups excluding carboxylic acids is 1. The fourth-order valence-corrected chi connectivity index (χ4v) is 2.91. The van der Waals surface area contributed by atoms with Crippen LogP contribution in [0.2, 0.25) is 0 Å². The second kappa shape index (κ2) is 6.70. The minimum atomic E-state index is 0.326. The largest absolute Gasteiger partial charge is 0.294 e. The monoisotopic (exact) mass is 256 g/mol. The van der Waals surface area contributed by atoms with Crippen LogP contribution in [0, 0.1) is 13.8 Å². The maximum Gasteiger partial charge on any atom is 0.162 e. The number of ketones is 1. The van der Waals surface area contributed by atoms with Gasteiger partial charge in [0.25, 0.3) is 0 Å². The van der Waals surface area contributed by atoms with E-state index in [4.69, 9.17) is 0 Å². The number of hydrogen-bond donors (Lipinski definition) is 0. The molecule has 19 heavy (non-hydrogen) atoms. The van der Waals surface area contributed by atoms with Crippen LogP contribution in [0.4, 0.5) is 0 Å². The van der Waals surface area contributed by atoms with Crippen molar-refractivity contribution in [2.24, 2.45) is 0 Å². The lowest BCUT2D eigenvalue weighted by molar-refractivity contribution is -0.115. The molecule has 0 heterocycles. The van der Waals surface area contributed by atoms with Gasteiger partial charge in [0.15, 0.2) is 5.78 Å². The summed E-state index contributed by atoms with van der Waals surface area (Å²) in [6.07, 6.45) is 9.80. The summed E-state index contributed by atoms with van der Waals surface area (Å²) in [7, 11) is 0. The second-order valence-corrected chi connectivity index (χ2v) is 5.78.